The molecule has 0 fully saturated rings. The first-order chi connectivity index (χ1) is 35.6. The zero-order valence-electron chi connectivity index (χ0n) is 41.4. The molecular weight excluding hydrogens is 897 g/mol. The number of para-hydroxylation sites is 6. The van der Waals surface area contributed by atoms with E-state index in [4.69, 9.17) is 28.8 Å². The van der Waals surface area contributed by atoms with Gasteiger partial charge in [0.25, 0.3) is 0 Å². The maximum absolute atomic E-state index is 6.14. The SMILES string of the molecule is CC(C)c1ccc(N(c2ccc(-c3nc4ccccc4o3)cc2)c2ccc(-c3nc4ccccc4nc3-c3ccc(N(c4ccc(-c5nc6ccccc6o5)cc4)c4ccc(C(C)(C)C)cc4)cc3)cc2)cc1. The molecule has 8 heteroatoms. The second kappa shape index (κ2) is 18.6. The summed E-state index contributed by atoms with van der Waals surface area (Å²) in [5.74, 6) is 1.61. The van der Waals surface area contributed by atoms with E-state index in [1.807, 2.05) is 72.8 Å². The summed E-state index contributed by atoms with van der Waals surface area (Å²) in [7, 11) is 0. The van der Waals surface area contributed by atoms with E-state index in [-0.39, 0.29) is 5.41 Å². The van der Waals surface area contributed by atoms with Gasteiger partial charge >= 0.3 is 0 Å². The third-order valence-electron chi connectivity index (χ3n) is 13.5. The number of fused-ring (bicyclic) bond motifs is 3. The van der Waals surface area contributed by atoms with Crippen LogP contribution in [0.5, 0.6) is 0 Å². The molecule has 0 aliphatic heterocycles. The molecular formula is C65H52N6O2. The van der Waals surface area contributed by atoms with Crippen LogP contribution in [0.4, 0.5) is 34.1 Å². The summed E-state index contributed by atoms with van der Waals surface area (Å²) in [5.41, 5.74) is 18.9. The summed E-state index contributed by atoms with van der Waals surface area (Å²) in [5, 5.41) is 0. The largest absolute Gasteiger partial charge is 0.436 e. The highest BCUT2D eigenvalue weighted by Crippen LogP contribution is 2.41. The number of hydrogen-bond acceptors (Lipinski definition) is 8. The molecule has 0 bridgehead atoms. The van der Waals surface area contributed by atoms with Crippen molar-refractivity contribution in [3.8, 4) is 45.4 Å². The van der Waals surface area contributed by atoms with Crippen LogP contribution in [0.25, 0.3) is 78.7 Å². The molecule has 12 aromatic rings. The molecule has 3 heterocycles. The van der Waals surface area contributed by atoms with Crippen LogP contribution in [0.15, 0.2) is 227 Å². The van der Waals surface area contributed by atoms with Crippen molar-refractivity contribution in [3.63, 3.8) is 0 Å². The molecule has 9 aromatic carbocycles. The number of oxazole rings is 2. The molecule has 0 saturated heterocycles. The van der Waals surface area contributed by atoms with Gasteiger partial charge < -0.3 is 18.6 Å². The first kappa shape index (κ1) is 45.0. The van der Waals surface area contributed by atoms with E-state index in [9.17, 15) is 0 Å². The second-order valence-electron chi connectivity index (χ2n) is 19.8. The monoisotopic (exact) mass is 948 g/mol. The van der Waals surface area contributed by atoms with Gasteiger partial charge in [0.05, 0.1) is 22.4 Å². The minimum absolute atomic E-state index is 0.0201. The maximum atomic E-state index is 6.14. The Kier molecular flexibility index (Phi) is 11.4. The normalized spacial score (nSPS) is 11.8. The molecule has 73 heavy (non-hydrogen) atoms. The third kappa shape index (κ3) is 8.89. The average molecular weight is 949 g/mol. The van der Waals surface area contributed by atoms with Crippen LogP contribution in [0.1, 0.15) is 51.7 Å². The molecule has 0 aliphatic carbocycles. The van der Waals surface area contributed by atoms with E-state index in [0.717, 1.165) is 101 Å². The van der Waals surface area contributed by atoms with Crippen molar-refractivity contribution < 1.29 is 8.83 Å². The summed E-state index contributed by atoms with van der Waals surface area (Å²) in [4.78, 5) is 24.7. The zero-order chi connectivity index (χ0) is 49.6. The maximum Gasteiger partial charge on any atom is 0.227 e. The highest BCUT2D eigenvalue weighted by molar-refractivity contribution is 5.89. The van der Waals surface area contributed by atoms with Crippen LogP contribution in [0.2, 0.25) is 0 Å². The molecule has 0 N–H and O–H groups in total. The van der Waals surface area contributed by atoms with Gasteiger partial charge in [-0.3, -0.25) is 0 Å². The number of hydrogen-bond donors (Lipinski definition) is 0. The average Bonchev–Trinajstić information content (AvgIpc) is 4.07. The molecule has 12 rings (SSSR count). The first-order valence-electron chi connectivity index (χ1n) is 24.8. The Labute approximate surface area is 424 Å². The van der Waals surface area contributed by atoms with Crippen LogP contribution in [-0.4, -0.2) is 19.9 Å². The zero-order valence-corrected chi connectivity index (χ0v) is 41.4. The van der Waals surface area contributed by atoms with E-state index in [1.54, 1.807) is 0 Å². The second-order valence-corrected chi connectivity index (χ2v) is 19.8. The van der Waals surface area contributed by atoms with Crippen LogP contribution < -0.4 is 9.80 Å². The summed E-state index contributed by atoms with van der Waals surface area (Å²) >= 11 is 0. The summed E-state index contributed by atoms with van der Waals surface area (Å²) in [6, 6.07) is 75.6. The Morgan fingerprint density at radius 3 is 1.00 bits per heavy atom. The Hall–Kier alpha value is -9.14. The van der Waals surface area contributed by atoms with Gasteiger partial charge in [-0.15, -0.1) is 0 Å². The van der Waals surface area contributed by atoms with E-state index in [2.05, 4.69) is 190 Å². The molecule has 8 nitrogen and oxygen atoms in total. The fourth-order valence-electron chi connectivity index (χ4n) is 9.45. The van der Waals surface area contributed by atoms with Crippen LogP contribution in [0.3, 0.4) is 0 Å². The van der Waals surface area contributed by atoms with Gasteiger partial charge in [0.1, 0.15) is 11.0 Å². The van der Waals surface area contributed by atoms with Gasteiger partial charge in [-0.05, 0) is 156 Å². The van der Waals surface area contributed by atoms with E-state index in [1.165, 1.54) is 11.1 Å². The highest BCUT2D eigenvalue weighted by Gasteiger charge is 2.21. The molecule has 0 saturated carbocycles. The summed E-state index contributed by atoms with van der Waals surface area (Å²) in [6.45, 7) is 11.2. The fraction of sp³-hybridized carbons (Fsp3) is 0.108. The van der Waals surface area contributed by atoms with Crippen molar-refractivity contribution >= 4 is 67.4 Å². The Morgan fingerprint density at radius 1 is 0.342 bits per heavy atom. The van der Waals surface area contributed by atoms with Crippen LogP contribution >= 0.6 is 0 Å². The van der Waals surface area contributed by atoms with E-state index >= 15 is 0 Å². The van der Waals surface area contributed by atoms with Crippen molar-refractivity contribution in [3.05, 3.63) is 230 Å². The van der Waals surface area contributed by atoms with Crippen LogP contribution in [-0.2, 0) is 5.41 Å². The lowest BCUT2D eigenvalue weighted by molar-refractivity contribution is 0.590. The molecule has 0 spiro atoms. The number of aromatic nitrogens is 4. The molecule has 0 atom stereocenters. The lowest BCUT2D eigenvalue weighted by Crippen LogP contribution is -2.13. The van der Waals surface area contributed by atoms with Gasteiger partial charge in [-0.1, -0.05) is 120 Å². The minimum atomic E-state index is 0.0201. The Balaban J connectivity index is 0.899. The molecule has 354 valence electrons. The number of rotatable bonds is 11. The predicted octanol–water partition coefficient (Wildman–Crippen LogP) is 17.9. The molecule has 0 radical (unpaired) electrons. The molecule has 3 aromatic heterocycles. The minimum Gasteiger partial charge on any atom is -0.436 e. The van der Waals surface area contributed by atoms with Gasteiger partial charge in [0.15, 0.2) is 11.2 Å². The van der Waals surface area contributed by atoms with E-state index in [0.29, 0.717) is 17.7 Å². The quantitative estimate of drug-likeness (QED) is 0.127. The van der Waals surface area contributed by atoms with Crippen molar-refractivity contribution in [2.45, 2.75) is 46.0 Å². The smallest absolute Gasteiger partial charge is 0.227 e. The van der Waals surface area contributed by atoms with Gasteiger partial charge in [0.2, 0.25) is 11.8 Å². The third-order valence-corrected chi connectivity index (χ3v) is 13.5. The van der Waals surface area contributed by atoms with Crippen molar-refractivity contribution in [1.82, 2.24) is 19.9 Å². The van der Waals surface area contributed by atoms with Crippen molar-refractivity contribution in [1.29, 1.82) is 0 Å². The van der Waals surface area contributed by atoms with Gasteiger partial charge in [-0.25, -0.2) is 19.9 Å². The number of anilines is 6. The fourth-order valence-corrected chi connectivity index (χ4v) is 9.45. The van der Waals surface area contributed by atoms with E-state index < -0.39 is 0 Å². The summed E-state index contributed by atoms with van der Waals surface area (Å²) < 4.78 is 12.3. The topological polar surface area (TPSA) is 84.3 Å². The van der Waals surface area contributed by atoms with Crippen molar-refractivity contribution in [2.24, 2.45) is 0 Å². The van der Waals surface area contributed by atoms with Gasteiger partial charge in [-0.2, -0.15) is 0 Å². The lowest BCUT2D eigenvalue weighted by atomic mass is 9.87. The molecule has 0 amide bonds. The van der Waals surface area contributed by atoms with Crippen molar-refractivity contribution in [2.75, 3.05) is 9.80 Å². The van der Waals surface area contributed by atoms with Gasteiger partial charge in [0, 0.05) is 56.4 Å². The van der Waals surface area contributed by atoms with Crippen LogP contribution in [0, 0.1) is 0 Å². The lowest BCUT2D eigenvalue weighted by Gasteiger charge is -2.27. The Morgan fingerprint density at radius 2 is 0.658 bits per heavy atom. The molecule has 0 aliphatic rings. The number of benzene rings is 9. The summed E-state index contributed by atoms with van der Waals surface area (Å²) in [6.07, 6.45) is 0. The first-order valence-corrected chi connectivity index (χ1v) is 24.8. The predicted molar refractivity (Wildman–Crippen MR) is 299 cm³/mol. The number of nitrogens with zero attached hydrogens (tertiary/aromatic N) is 6. The Bertz CT molecular complexity index is 3820. The standard InChI is InChI=1S/C65H52N6O2/c1-42(2)43-18-30-49(31-19-43)70(52-36-24-46(25-37-52)63-68-57-14-8-10-16-59(57)72-63)50-32-20-44(21-33-50)61-62(67-56-13-7-6-12-55(56)66-61)45-22-34-51(35-23-45)71(54-40-28-48(29-41-54)65(3,4)5)53-38-26-47(27-39-53)64-69-58-15-9-11-17-60(58)73-64/h6-42H,1-5H3. The molecule has 0 unspecified atom stereocenters. The highest BCUT2D eigenvalue weighted by atomic mass is 16.4.